The standard InChI is InChI=1S/C9H11ClFNO2/c1-4(12)8(13)6-2-5(11)3-7(10)9(6)14/h2-4,8,13-14H,12H2,1H3. The average Bonchev–Trinajstić information content (AvgIpc) is 2.09. The zero-order valence-electron chi connectivity index (χ0n) is 7.54. The number of phenolic OH excluding ortho intramolecular Hbond substituents is 1. The van der Waals surface area contributed by atoms with E-state index in [0.29, 0.717) is 0 Å². The summed E-state index contributed by atoms with van der Waals surface area (Å²) < 4.78 is 12.9. The zero-order valence-corrected chi connectivity index (χ0v) is 8.29. The molecule has 0 heterocycles. The highest BCUT2D eigenvalue weighted by atomic mass is 35.5. The number of rotatable bonds is 2. The molecule has 2 atom stereocenters. The maximum atomic E-state index is 12.9. The predicted molar refractivity (Wildman–Crippen MR) is 51.7 cm³/mol. The molecule has 4 N–H and O–H groups in total. The predicted octanol–water partition coefficient (Wildman–Crippen LogP) is 1.57. The normalized spacial score (nSPS) is 15.2. The lowest BCUT2D eigenvalue weighted by atomic mass is 10.0. The summed E-state index contributed by atoms with van der Waals surface area (Å²) in [6.07, 6.45) is -1.14. The Kier molecular flexibility index (Phi) is 3.31. The van der Waals surface area contributed by atoms with Gasteiger partial charge in [-0.05, 0) is 19.1 Å². The Balaban J connectivity index is 3.20. The SMILES string of the molecule is CC(N)C(O)c1cc(F)cc(Cl)c1O. The van der Waals surface area contributed by atoms with Crippen LogP contribution >= 0.6 is 11.6 Å². The van der Waals surface area contributed by atoms with Gasteiger partial charge in [-0.2, -0.15) is 0 Å². The summed E-state index contributed by atoms with van der Waals surface area (Å²) in [6, 6.07) is 1.36. The lowest BCUT2D eigenvalue weighted by molar-refractivity contribution is 0.149. The number of benzene rings is 1. The molecule has 0 saturated carbocycles. The second kappa shape index (κ2) is 4.13. The molecule has 0 aliphatic carbocycles. The average molecular weight is 220 g/mol. The lowest BCUT2D eigenvalue weighted by Gasteiger charge is -2.16. The van der Waals surface area contributed by atoms with Crippen molar-refractivity contribution < 1.29 is 14.6 Å². The smallest absolute Gasteiger partial charge is 0.140 e. The molecule has 0 fully saturated rings. The molecule has 0 aliphatic rings. The molecular formula is C9H11ClFNO2. The fourth-order valence-electron chi connectivity index (χ4n) is 1.09. The third kappa shape index (κ3) is 2.15. The number of nitrogens with two attached hydrogens (primary N) is 1. The zero-order chi connectivity index (χ0) is 10.9. The van der Waals surface area contributed by atoms with Crippen molar-refractivity contribution in [3.8, 4) is 5.75 Å². The highest BCUT2D eigenvalue weighted by molar-refractivity contribution is 6.32. The van der Waals surface area contributed by atoms with Crippen molar-refractivity contribution in [2.45, 2.75) is 19.1 Å². The third-order valence-corrected chi connectivity index (χ3v) is 2.16. The molecule has 1 rings (SSSR count). The van der Waals surface area contributed by atoms with Gasteiger partial charge in [0.2, 0.25) is 0 Å². The molecule has 1 aromatic carbocycles. The van der Waals surface area contributed by atoms with E-state index >= 15 is 0 Å². The topological polar surface area (TPSA) is 66.5 Å². The van der Waals surface area contributed by atoms with E-state index in [1.54, 1.807) is 6.92 Å². The first-order valence-electron chi connectivity index (χ1n) is 4.05. The number of aromatic hydroxyl groups is 1. The van der Waals surface area contributed by atoms with E-state index in [-0.39, 0.29) is 16.3 Å². The Morgan fingerprint density at radius 3 is 2.57 bits per heavy atom. The number of hydrogen-bond donors (Lipinski definition) is 3. The van der Waals surface area contributed by atoms with Crippen molar-refractivity contribution in [2.75, 3.05) is 0 Å². The van der Waals surface area contributed by atoms with Crippen LogP contribution in [0.25, 0.3) is 0 Å². The fraction of sp³-hybridized carbons (Fsp3) is 0.333. The molecule has 1 aromatic rings. The lowest BCUT2D eigenvalue weighted by Crippen LogP contribution is -2.24. The van der Waals surface area contributed by atoms with Crippen LogP contribution in [0.4, 0.5) is 4.39 Å². The molecule has 0 aliphatic heterocycles. The number of hydrogen-bond acceptors (Lipinski definition) is 3. The molecule has 78 valence electrons. The highest BCUT2D eigenvalue weighted by Gasteiger charge is 2.19. The number of halogens is 2. The van der Waals surface area contributed by atoms with E-state index in [1.165, 1.54) is 0 Å². The van der Waals surface area contributed by atoms with Crippen LogP contribution in [0.3, 0.4) is 0 Å². The van der Waals surface area contributed by atoms with Crippen LogP contribution in [0, 0.1) is 5.82 Å². The van der Waals surface area contributed by atoms with Crippen molar-refractivity contribution in [3.63, 3.8) is 0 Å². The summed E-state index contributed by atoms with van der Waals surface area (Å²) in [5.41, 5.74) is 5.41. The van der Waals surface area contributed by atoms with Crippen LogP contribution in [0.1, 0.15) is 18.6 Å². The maximum absolute atomic E-state index is 12.9. The van der Waals surface area contributed by atoms with Gasteiger partial charge in [0, 0.05) is 11.6 Å². The van der Waals surface area contributed by atoms with Gasteiger partial charge in [-0.3, -0.25) is 0 Å². The summed E-state index contributed by atoms with van der Waals surface area (Å²) in [6.45, 7) is 1.54. The van der Waals surface area contributed by atoms with Gasteiger partial charge in [0.05, 0.1) is 11.1 Å². The molecule has 0 radical (unpaired) electrons. The van der Waals surface area contributed by atoms with Gasteiger partial charge in [0.15, 0.2) is 0 Å². The van der Waals surface area contributed by atoms with Crippen molar-refractivity contribution in [1.29, 1.82) is 0 Å². The maximum Gasteiger partial charge on any atom is 0.140 e. The molecule has 0 amide bonds. The monoisotopic (exact) mass is 219 g/mol. The molecule has 0 spiro atoms. The first-order valence-corrected chi connectivity index (χ1v) is 4.43. The minimum Gasteiger partial charge on any atom is -0.506 e. The molecule has 5 heteroatoms. The van der Waals surface area contributed by atoms with E-state index in [2.05, 4.69) is 0 Å². The molecular weight excluding hydrogens is 209 g/mol. The van der Waals surface area contributed by atoms with Crippen LogP contribution in [-0.4, -0.2) is 16.3 Å². The van der Waals surface area contributed by atoms with Crippen LogP contribution in [0.5, 0.6) is 5.75 Å². The second-order valence-electron chi connectivity index (χ2n) is 3.13. The van der Waals surface area contributed by atoms with Crippen molar-refractivity contribution in [3.05, 3.63) is 28.5 Å². The van der Waals surface area contributed by atoms with E-state index in [1.807, 2.05) is 0 Å². The van der Waals surface area contributed by atoms with Crippen LogP contribution in [-0.2, 0) is 0 Å². The molecule has 0 bridgehead atoms. The summed E-state index contributed by atoms with van der Waals surface area (Å²) >= 11 is 5.53. The Labute approximate surface area is 85.9 Å². The van der Waals surface area contributed by atoms with Crippen molar-refractivity contribution >= 4 is 11.6 Å². The Morgan fingerprint density at radius 2 is 2.07 bits per heavy atom. The van der Waals surface area contributed by atoms with Gasteiger partial charge in [-0.15, -0.1) is 0 Å². The van der Waals surface area contributed by atoms with E-state index in [9.17, 15) is 14.6 Å². The van der Waals surface area contributed by atoms with Gasteiger partial charge in [0.25, 0.3) is 0 Å². The Hall–Kier alpha value is -0.840. The van der Waals surface area contributed by atoms with Crippen LogP contribution in [0.2, 0.25) is 5.02 Å². The highest BCUT2D eigenvalue weighted by Crippen LogP contribution is 2.33. The van der Waals surface area contributed by atoms with E-state index < -0.39 is 18.0 Å². The summed E-state index contributed by atoms with van der Waals surface area (Å²) in [5.74, 6) is -0.958. The van der Waals surface area contributed by atoms with Gasteiger partial charge in [-0.25, -0.2) is 4.39 Å². The van der Waals surface area contributed by atoms with E-state index in [4.69, 9.17) is 17.3 Å². The van der Waals surface area contributed by atoms with E-state index in [0.717, 1.165) is 12.1 Å². The second-order valence-corrected chi connectivity index (χ2v) is 3.54. The van der Waals surface area contributed by atoms with Crippen LogP contribution < -0.4 is 5.73 Å². The van der Waals surface area contributed by atoms with Gasteiger partial charge in [-0.1, -0.05) is 11.6 Å². The minimum atomic E-state index is -1.14. The third-order valence-electron chi connectivity index (χ3n) is 1.87. The molecule has 3 nitrogen and oxygen atoms in total. The molecule has 2 unspecified atom stereocenters. The van der Waals surface area contributed by atoms with Crippen molar-refractivity contribution in [1.82, 2.24) is 0 Å². The number of phenols is 1. The molecule has 0 saturated heterocycles. The number of aliphatic hydroxyl groups is 1. The number of aliphatic hydroxyl groups excluding tert-OH is 1. The van der Waals surface area contributed by atoms with Gasteiger partial charge in [0.1, 0.15) is 11.6 Å². The Morgan fingerprint density at radius 1 is 1.50 bits per heavy atom. The summed E-state index contributed by atoms with van der Waals surface area (Å²) in [4.78, 5) is 0. The molecule has 14 heavy (non-hydrogen) atoms. The quantitative estimate of drug-likeness (QED) is 0.707. The molecule has 0 aromatic heterocycles. The van der Waals surface area contributed by atoms with Gasteiger partial charge >= 0.3 is 0 Å². The van der Waals surface area contributed by atoms with Crippen molar-refractivity contribution in [2.24, 2.45) is 5.73 Å². The van der Waals surface area contributed by atoms with Crippen LogP contribution in [0.15, 0.2) is 12.1 Å². The fourth-order valence-corrected chi connectivity index (χ4v) is 1.31. The summed E-state index contributed by atoms with van der Waals surface area (Å²) in [5, 5.41) is 18.8. The Bertz CT molecular complexity index is 344. The minimum absolute atomic E-state index is 0.00463. The largest absolute Gasteiger partial charge is 0.506 e. The summed E-state index contributed by atoms with van der Waals surface area (Å²) in [7, 11) is 0. The van der Waals surface area contributed by atoms with Gasteiger partial charge < -0.3 is 15.9 Å². The first kappa shape index (κ1) is 11.2. The first-order chi connectivity index (χ1) is 6.43.